The van der Waals surface area contributed by atoms with E-state index in [0.29, 0.717) is 25.2 Å². The number of nitrogens with one attached hydrogen (secondary N) is 1. The summed E-state index contributed by atoms with van der Waals surface area (Å²) in [6.07, 6.45) is 1.51. The van der Waals surface area contributed by atoms with Crippen LogP contribution in [0.15, 0.2) is 47.4 Å². The molecule has 0 spiro atoms. The molecule has 0 radical (unpaired) electrons. The summed E-state index contributed by atoms with van der Waals surface area (Å²) < 4.78 is 44.0. The summed E-state index contributed by atoms with van der Waals surface area (Å²) in [5.41, 5.74) is 0.508. The van der Waals surface area contributed by atoms with Crippen molar-refractivity contribution in [2.24, 2.45) is 11.8 Å². The second-order valence-electron chi connectivity index (χ2n) is 9.43. The number of ether oxygens (including phenoxy) is 1. The molecule has 2 amide bonds. The van der Waals surface area contributed by atoms with E-state index >= 15 is 0 Å². The van der Waals surface area contributed by atoms with E-state index in [4.69, 9.17) is 16.3 Å². The standard InChI is InChI=1S/C25H28ClFN2O5S/c1-14-9-22(29(15(14)2)25(31)16-5-4-6-19(10-16)35(3,32)33)24(30)28-23(17-12-34-13-17)20-8-7-18(26)11-21(20)27/h4-8,10-11,14-15,17,22-23H,9,12-13H2,1-3H3,(H,28,30)/t14-,15-,22-,23-/m1/s1. The molecule has 2 aromatic rings. The molecule has 35 heavy (non-hydrogen) atoms. The van der Waals surface area contributed by atoms with Crippen LogP contribution in [0.1, 0.15) is 42.2 Å². The number of likely N-dealkylation sites (tertiary alicyclic amines) is 1. The van der Waals surface area contributed by atoms with Crippen LogP contribution in [0.2, 0.25) is 5.02 Å². The van der Waals surface area contributed by atoms with Gasteiger partial charge in [-0.15, -0.1) is 0 Å². The molecule has 4 rings (SSSR count). The maximum Gasteiger partial charge on any atom is 0.254 e. The van der Waals surface area contributed by atoms with Crippen molar-refractivity contribution in [3.05, 3.63) is 64.4 Å². The second-order valence-corrected chi connectivity index (χ2v) is 11.9. The van der Waals surface area contributed by atoms with E-state index in [2.05, 4.69) is 5.32 Å². The van der Waals surface area contributed by atoms with E-state index < -0.39 is 33.6 Å². The van der Waals surface area contributed by atoms with Crippen LogP contribution in [0.3, 0.4) is 0 Å². The van der Waals surface area contributed by atoms with Crippen LogP contribution in [0, 0.1) is 17.7 Å². The van der Waals surface area contributed by atoms with Crippen LogP contribution in [-0.2, 0) is 19.4 Å². The smallest absolute Gasteiger partial charge is 0.254 e. The van der Waals surface area contributed by atoms with Gasteiger partial charge >= 0.3 is 0 Å². The van der Waals surface area contributed by atoms with Crippen molar-refractivity contribution >= 4 is 33.3 Å². The first-order valence-corrected chi connectivity index (χ1v) is 13.7. The minimum absolute atomic E-state index is 0.0329. The van der Waals surface area contributed by atoms with Crippen molar-refractivity contribution in [2.75, 3.05) is 19.5 Å². The van der Waals surface area contributed by atoms with Gasteiger partial charge in [-0.1, -0.05) is 30.7 Å². The number of nitrogens with zero attached hydrogens (tertiary/aromatic N) is 1. The van der Waals surface area contributed by atoms with Gasteiger partial charge in [-0.2, -0.15) is 0 Å². The van der Waals surface area contributed by atoms with Gasteiger partial charge in [0.05, 0.1) is 24.2 Å². The molecule has 2 saturated heterocycles. The lowest BCUT2D eigenvalue weighted by Gasteiger charge is -2.36. The van der Waals surface area contributed by atoms with Gasteiger partial charge in [0.15, 0.2) is 9.84 Å². The number of carbonyl (C=O) groups excluding carboxylic acids is 2. The molecule has 0 unspecified atom stereocenters. The van der Waals surface area contributed by atoms with Gasteiger partial charge in [0.2, 0.25) is 5.91 Å². The van der Waals surface area contributed by atoms with Crippen LogP contribution >= 0.6 is 11.6 Å². The van der Waals surface area contributed by atoms with Crippen molar-refractivity contribution in [2.45, 2.75) is 43.3 Å². The van der Waals surface area contributed by atoms with Crippen molar-refractivity contribution in [3.63, 3.8) is 0 Å². The predicted molar refractivity (Wildman–Crippen MR) is 129 cm³/mol. The van der Waals surface area contributed by atoms with Crippen LogP contribution < -0.4 is 5.32 Å². The molecule has 1 N–H and O–H groups in total. The number of hydrogen-bond donors (Lipinski definition) is 1. The Morgan fingerprint density at radius 1 is 1.17 bits per heavy atom. The zero-order valence-electron chi connectivity index (χ0n) is 19.7. The fourth-order valence-electron chi connectivity index (χ4n) is 4.69. The second kappa shape index (κ2) is 9.87. The summed E-state index contributed by atoms with van der Waals surface area (Å²) in [4.78, 5) is 28.6. The van der Waals surface area contributed by atoms with Gasteiger partial charge in [-0.25, -0.2) is 12.8 Å². The molecular weight excluding hydrogens is 495 g/mol. The first-order chi connectivity index (χ1) is 16.5. The van der Waals surface area contributed by atoms with E-state index in [-0.39, 0.29) is 39.3 Å². The third-order valence-corrected chi connectivity index (χ3v) is 8.32. The molecule has 0 bridgehead atoms. The first-order valence-electron chi connectivity index (χ1n) is 11.4. The molecule has 0 aromatic heterocycles. The minimum Gasteiger partial charge on any atom is -0.381 e. The molecule has 188 valence electrons. The third-order valence-electron chi connectivity index (χ3n) is 6.97. The molecule has 2 aliphatic heterocycles. The Hall–Kier alpha value is -2.49. The predicted octanol–water partition coefficient (Wildman–Crippen LogP) is 3.63. The highest BCUT2D eigenvalue weighted by molar-refractivity contribution is 7.90. The lowest BCUT2D eigenvalue weighted by Crippen LogP contribution is -2.51. The molecule has 10 heteroatoms. The number of hydrogen-bond acceptors (Lipinski definition) is 5. The number of carbonyl (C=O) groups is 2. The summed E-state index contributed by atoms with van der Waals surface area (Å²) in [7, 11) is -3.50. The summed E-state index contributed by atoms with van der Waals surface area (Å²) in [6.45, 7) is 4.59. The van der Waals surface area contributed by atoms with Crippen molar-refractivity contribution in [1.82, 2.24) is 10.2 Å². The monoisotopic (exact) mass is 522 g/mol. The molecule has 2 heterocycles. The highest BCUT2D eigenvalue weighted by Gasteiger charge is 2.44. The number of rotatable bonds is 6. The third kappa shape index (κ3) is 5.22. The number of amides is 2. The van der Waals surface area contributed by atoms with Crippen molar-refractivity contribution in [1.29, 1.82) is 0 Å². The highest BCUT2D eigenvalue weighted by Crippen LogP contribution is 2.34. The summed E-state index contributed by atoms with van der Waals surface area (Å²) in [5.74, 6) is -1.41. The molecule has 2 aliphatic rings. The molecule has 4 atom stereocenters. The van der Waals surface area contributed by atoms with Crippen molar-refractivity contribution in [3.8, 4) is 0 Å². The molecule has 2 fully saturated rings. The van der Waals surface area contributed by atoms with E-state index in [0.717, 1.165) is 6.26 Å². The van der Waals surface area contributed by atoms with Crippen LogP contribution in [-0.4, -0.2) is 56.7 Å². The number of sulfone groups is 1. The summed E-state index contributed by atoms with van der Waals surface area (Å²) in [6, 6.07) is 8.48. The van der Waals surface area contributed by atoms with Crippen molar-refractivity contribution < 1.29 is 27.1 Å². The van der Waals surface area contributed by atoms with Gasteiger partial charge in [0, 0.05) is 34.4 Å². The highest BCUT2D eigenvalue weighted by atomic mass is 35.5. The molecule has 0 aliphatic carbocycles. The van der Waals surface area contributed by atoms with E-state index in [9.17, 15) is 22.4 Å². The Morgan fingerprint density at radius 2 is 1.89 bits per heavy atom. The van der Waals surface area contributed by atoms with Gasteiger partial charge in [0.25, 0.3) is 5.91 Å². The average molecular weight is 523 g/mol. The zero-order valence-corrected chi connectivity index (χ0v) is 21.3. The lowest BCUT2D eigenvalue weighted by molar-refractivity contribution is -0.128. The zero-order chi connectivity index (χ0) is 25.5. The number of benzene rings is 2. The topological polar surface area (TPSA) is 92.8 Å². The SMILES string of the molecule is C[C@@H]1C[C@H](C(=O)N[C@@H](c2ccc(Cl)cc2F)C2COC2)N(C(=O)c2cccc(S(C)(=O)=O)c2)[C@@H]1C. The fraction of sp³-hybridized carbons (Fsp3) is 0.440. The molecular formula is C25H28ClFN2O5S. The average Bonchev–Trinajstić information content (AvgIpc) is 3.05. The minimum atomic E-state index is -3.50. The van der Waals surface area contributed by atoms with E-state index in [1.807, 2.05) is 13.8 Å². The normalized spacial score (nSPS) is 23.6. The van der Waals surface area contributed by atoms with E-state index in [1.165, 1.54) is 29.2 Å². The Labute approximate surface area is 209 Å². The largest absolute Gasteiger partial charge is 0.381 e. The van der Waals surface area contributed by atoms with Crippen LogP contribution in [0.25, 0.3) is 0 Å². The Balaban J connectivity index is 1.62. The maximum atomic E-state index is 14.7. The Morgan fingerprint density at radius 3 is 2.49 bits per heavy atom. The van der Waals surface area contributed by atoms with E-state index in [1.54, 1.807) is 18.2 Å². The van der Waals surface area contributed by atoms with Crippen LogP contribution in [0.4, 0.5) is 4.39 Å². The molecule has 2 aromatic carbocycles. The van der Waals surface area contributed by atoms with Crippen LogP contribution in [0.5, 0.6) is 0 Å². The number of halogens is 2. The van der Waals surface area contributed by atoms with Gasteiger partial charge < -0.3 is 15.0 Å². The Kier molecular flexibility index (Phi) is 7.22. The first kappa shape index (κ1) is 25.6. The lowest BCUT2D eigenvalue weighted by atomic mass is 9.90. The van der Waals surface area contributed by atoms with Gasteiger partial charge in [-0.05, 0) is 49.6 Å². The summed E-state index contributed by atoms with van der Waals surface area (Å²) >= 11 is 5.91. The quantitative estimate of drug-likeness (QED) is 0.625. The molecule has 0 saturated carbocycles. The summed E-state index contributed by atoms with van der Waals surface area (Å²) in [5, 5.41) is 3.22. The molecule has 7 nitrogen and oxygen atoms in total. The van der Waals surface area contributed by atoms with Gasteiger partial charge in [-0.3, -0.25) is 9.59 Å². The Bertz CT molecular complexity index is 1250. The van der Waals surface area contributed by atoms with Gasteiger partial charge in [0.1, 0.15) is 11.9 Å². The fourth-order valence-corrected chi connectivity index (χ4v) is 5.51. The maximum absolute atomic E-state index is 14.7.